The van der Waals surface area contributed by atoms with Gasteiger partial charge in [0.05, 0.1) is 10.0 Å². The lowest BCUT2D eigenvalue weighted by atomic mass is 10.0. The lowest BCUT2D eigenvalue weighted by Gasteiger charge is -2.14. The number of nitrogens with zero attached hydrogens (tertiary/aromatic N) is 3. The molecule has 1 aromatic carbocycles. The van der Waals surface area contributed by atoms with Gasteiger partial charge >= 0.3 is 0 Å². The van der Waals surface area contributed by atoms with E-state index < -0.39 is 0 Å². The zero-order valence-electron chi connectivity index (χ0n) is 10.9. The van der Waals surface area contributed by atoms with Crippen LogP contribution in [0.3, 0.4) is 0 Å². The smallest absolute Gasteiger partial charge is 0.248 e. The van der Waals surface area contributed by atoms with Crippen LogP contribution in [0.2, 0.25) is 10.0 Å². The van der Waals surface area contributed by atoms with Crippen molar-refractivity contribution in [3.8, 4) is 0 Å². The molecule has 8 heteroatoms. The molecule has 108 valence electrons. The summed E-state index contributed by atoms with van der Waals surface area (Å²) in [5.74, 6) is 0.592. The highest BCUT2D eigenvalue weighted by Gasteiger charge is 2.14. The fourth-order valence-corrected chi connectivity index (χ4v) is 2.84. The fourth-order valence-electron chi connectivity index (χ4n) is 2.11. The second kappa shape index (κ2) is 5.75. The van der Waals surface area contributed by atoms with Gasteiger partial charge in [0, 0.05) is 24.0 Å². The quantitative estimate of drug-likeness (QED) is 0.808. The van der Waals surface area contributed by atoms with E-state index in [-0.39, 0.29) is 5.95 Å². The van der Waals surface area contributed by atoms with E-state index >= 15 is 0 Å². The third-order valence-corrected chi connectivity index (χ3v) is 3.61. The van der Waals surface area contributed by atoms with Crippen molar-refractivity contribution in [1.82, 2.24) is 15.2 Å². The van der Waals surface area contributed by atoms with Crippen LogP contribution in [0.4, 0.5) is 17.6 Å². The van der Waals surface area contributed by atoms with Gasteiger partial charge in [0.25, 0.3) is 0 Å². The molecule has 0 bridgehead atoms. The Morgan fingerprint density at radius 1 is 1.24 bits per heavy atom. The number of benzene rings is 1. The summed E-state index contributed by atoms with van der Waals surface area (Å²) in [5, 5.41) is 10.6. The highest BCUT2D eigenvalue weighted by molar-refractivity contribution is 6.38. The van der Waals surface area contributed by atoms with Crippen LogP contribution in [-0.4, -0.2) is 27.9 Å². The first kappa shape index (κ1) is 13.9. The number of nitrogens with two attached hydrogens (primary N) is 1. The molecule has 0 saturated heterocycles. The molecule has 0 radical (unpaired) electrons. The van der Waals surface area contributed by atoms with E-state index in [2.05, 4.69) is 25.5 Å². The summed E-state index contributed by atoms with van der Waals surface area (Å²) in [6.07, 6.45) is 4.52. The summed E-state index contributed by atoms with van der Waals surface area (Å²) in [5.41, 5.74) is 8.08. The number of nitrogen functional groups attached to an aromatic ring is 1. The van der Waals surface area contributed by atoms with Gasteiger partial charge in [-0.05, 0) is 30.2 Å². The third kappa shape index (κ3) is 3.01. The Morgan fingerprint density at radius 2 is 2.00 bits per heavy atom. The van der Waals surface area contributed by atoms with E-state index in [9.17, 15) is 0 Å². The maximum Gasteiger partial charge on any atom is 0.248 e. The average molecular weight is 323 g/mol. The summed E-state index contributed by atoms with van der Waals surface area (Å²) in [6, 6.07) is 3.56. The molecule has 0 saturated carbocycles. The van der Waals surface area contributed by atoms with Crippen LogP contribution in [0.5, 0.6) is 0 Å². The number of aromatic amines is 1. The molecule has 0 aliphatic carbocycles. The van der Waals surface area contributed by atoms with Gasteiger partial charge in [-0.2, -0.15) is 4.98 Å². The van der Waals surface area contributed by atoms with E-state index in [1.807, 2.05) is 6.08 Å². The monoisotopic (exact) mass is 322 g/mol. The molecule has 2 aromatic rings. The van der Waals surface area contributed by atoms with E-state index in [0.29, 0.717) is 21.7 Å². The van der Waals surface area contributed by atoms with Crippen molar-refractivity contribution in [2.75, 3.05) is 17.6 Å². The van der Waals surface area contributed by atoms with Crippen molar-refractivity contribution in [3.63, 3.8) is 0 Å². The Hall–Kier alpha value is -2.05. The van der Waals surface area contributed by atoms with E-state index in [0.717, 1.165) is 24.1 Å². The molecule has 0 spiro atoms. The van der Waals surface area contributed by atoms with Crippen LogP contribution < -0.4 is 11.1 Å². The molecule has 1 aliphatic heterocycles. The topological polar surface area (TPSA) is 92.0 Å². The van der Waals surface area contributed by atoms with E-state index in [1.165, 1.54) is 0 Å². The van der Waals surface area contributed by atoms with Crippen LogP contribution in [0.25, 0.3) is 5.57 Å². The maximum atomic E-state index is 6.36. The number of rotatable bonds is 3. The molecule has 1 aromatic heterocycles. The number of hydrogen-bond acceptors (Lipinski definition) is 5. The van der Waals surface area contributed by atoms with Gasteiger partial charge in [-0.3, -0.25) is 4.99 Å². The molecule has 6 nitrogen and oxygen atoms in total. The zero-order chi connectivity index (χ0) is 14.8. The Labute approximate surface area is 131 Å². The van der Waals surface area contributed by atoms with Gasteiger partial charge in [0.1, 0.15) is 0 Å². The maximum absolute atomic E-state index is 6.36. The van der Waals surface area contributed by atoms with Crippen LogP contribution in [0.1, 0.15) is 12.0 Å². The Morgan fingerprint density at radius 3 is 2.57 bits per heavy atom. The second-order valence-electron chi connectivity index (χ2n) is 4.48. The van der Waals surface area contributed by atoms with Crippen molar-refractivity contribution >= 4 is 52.6 Å². The standard InChI is InChI=1S/C13H12Cl2N6/c14-9-5-8(18-13-19-12(16)20-21-13)6-10(15)11(9)7-1-3-17-4-2-7/h1,3,5-6H,2,4H2,(H4,16,18,19,20,21). The Balaban J connectivity index is 1.92. The minimum absolute atomic E-state index is 0.234. The molecule has 2 heterocycles. The van der Waals surface area contributed by atoms with Crippen molar-refractivity contribution < 1.29 is 0 Å². The molecule has 0 fully saturated rings. The molecule has 1 aliphatic rings. The zero-order valence-corrected chi connectivity index (χ0v) is 12.4. The number of halogens is 2. The van der Waals surface area contributed by atoms with Crippen LogP contribution in [0.15, 0.2) is 23.2 Å². The van der Waals surface area contributed by atoms with Gasteiger partial charge in [-0.15, -0.1) is 5.10 Å². The van der Waals surface area contributed by atoms with Gasteiger partial charge in [-0.1, -0.05) is 23.2 Å². The molecular weight excluding hydrogens is 311 g/mol. The van der Waals surface area contributed by atoms with Gasteiger partial charge < -0.3 is 11.1 Å². The first-order chi connectivity index (χ1) is 10.1. The van der Waals surface area contributed by atoms with Crippen LogP contribution >= 0.6 is 23.2 Å². The molecular formula is C13H12Cl2N6. The molecule has 0 atom stereocenters. The highest BCUT2D eigenvalue weighted by atomic mass is 35.5. The molecule has 3 rings (SSSR count). The lowest BCUT2D eigenvalue weighted by molar-refractivity contribution is 1.02. The third-order valence-electron chi connectivity index (χ3n) is 3.01. The summed E-state index contributed by atoms with van der Waals surface area (Å²) >= 11 is 12.7. The molecule has 0 amide bonds. The Kier molecular flexibility index (Phi) is 3.81. The first-order valence-electron chi connectivity index (χ1n) is 6.27. The Bertz CT molecular complexity index is 711. The highest BCUT2D eigenvalue weighted by Crippen LogP contribution is 2.36. The summed E-state index contributed by atoms with van der Waals surface area (Å²) < 4.78 is 0. The van der Waals surface area contributed by atoms with E-state index in [1.54, 1.807) is 18.3 Å². The number of dihydropyridines is 1. The van der Waals surface area contributed by atoms with Crippen LogP contribution in [0, 0.1) is 0 Å². The SMILES string of the molecule is Nc1nc(Nc2cc(Cl)c(C3=CC=NCC3)c(Cl)c2)n[nH]1. The molecule has 0 unspecified atom stereocenters. The minimum atomic E-state index is 0.234. The number of H-pyrrole nitrogens is 1. The number of aromatic nitrogens is 3. The second-order valence-corrected chi connectivity index (χ2v) is 5.30. The first-order valence-corrected chi connectivity index (χ1v) is 7.02. The van der Waals surface area contributed by atoms with Gasteiger partial charge in [0.2, 0.25) is 11.9 Å². The normalized spacial score (nSPS) is 14.1. The summed E-state index contributed by atoms with van der Waals surface area (Å²) in [4.78, 5) is 8.12. The predicted molar refractivity (Wildman–Crippen MR) is 86.5 cm³/mol. The van der Waals surface area contributed by atoms with Gasteiger partial charge in [-0.25, -0.2) is 5.10 Å². The number of hydrogen-bond donors (Lipinski definition) is 3. The molecule has 4 N–H and O–H groups in total. The average Bonchev–Trinajstić information content (AvgIpc) is 2.84. The predicted octanol–water partition coefficient (Wildman–Crippen LogP) is 3.30. The van der Waals surface area contributed by atoms with Gasteiger partial charge in [0.15, 0.2) is 0 Å². The van der Waals surface area contributed by atoms with E-state index in [4.69, 9.17) is 28.9 Å². The van der Waals surface area contributed by atoms with Crippen molar-refractivity contribution in [2.24, 2.45) is 4.99 Å². The minimum Gasteiger partial charge on any atom is -0.368 e. The van der Waals surface area contributed by atoms with Crippen molar-refractivity contribution in [3.05, 3.63) is 33.8 Å². The van der Waals surface area contributed by atoms with Crippen molar-refractivity contribution in [2.45, 2.75) is 6.42 Å². The lowest BCUT2D eigenvalue weighted by Crippen LogP contribution is -1.98. The number of anilines is 3. The molecule has 21 heavy (non-hydrogen) atoms. The van der Waals surface area contributed by atoms with Crippen molar-refractivity contribution in [1.29, 1.82) is 0 Å². The fraction of sp³-hybridized carbons (Fsp3) is 0.154. The number of nitrogens with one attached hydrogen (secondary N) is 2. The number of aliphatic imine (C=N–C) groups is 1. The summed E-state index contributed by atoms with van der Waals surface area (Å²) in [6.45, 7) is 0.745. The number of allylic oxidation sites excluding steroid dienone is 1. The summed E-state index contributed by atoms with van der Waals surface area (Å²) in [7, 11) is 0. The largest absolute Gasteiger partial charge is 0.368 e. The van der Waals surface area contributed by atoms with Crippen LogP contribution in [-0.2, 0) is 0 Å².